The van der Waals surface area contributed by atoms with Crippen LogP contribution in [-0.4, -0.2) is 43.7 Å². The zero-order valence-corrected chi connectivity index (χ0v) is 12.4. The Kier molecular flexibility index (Phi) is 5.03. The molecule has 114 valence electrons. The highest BCUT2D eigenvalue weighted by atomic mass is 35.5. The fourth-order valence-electron chi connectivity index (χ4n) is 2.28. The van der Waals surface area contributed by atoms with Crippen molar-refractivity contribution in [2.24, 2.45) is 5.92 Å². The number of aliphatic hydroxyl groups excluding tert-OH is 1. The summed E-state index contributed by atoms with van der Waals surface area (Å²) in [6.45, 7) is 0.376. The highest BCUT2D eigenvalue weighted by Crippen LogP contribution is 2.32. The molecule has 2 N–H and O–H groups in total. The van der Waals surface area contributed by atoms with Crippen molar-refractivity contribution in [2.45, 2.75) is 6.42 Å². The number of hydrogen-bond acceptors (Lipinski definition) is 4. The molecule has 2 amide bonds. The Labute approximate surface area is 127 Å². The predicted octanol–water partition coefficient (Wildman–Crippen LogP) is 0.810. The second-order valence-electron chi connectivity index (χ2n) is 4.74. The van der Waals surface area contributed by atoms with Crippen LogP contribution >= 0.6 is 11.6 Å². The molecule has 1 aliphatic heterocycles. The maximum Gasteiger partial charge on any atom is 0.227 e. The molecule has 1 atom stereocenters. The number of hydrogen-bond donors (Lipinski definition) is 2. The standard InChI is InChI=1S/C14H17ClN2O4/c1-21-12-3-2-10(7-11(12)15)17-8-9(6-13(17)19)14(20)16-4-5-18/h2-3,7,9,18H,4-6,8H2,1H3,(H,16,20). The highest BCUT2D eigenvalue weighted by molar-refractivity contribution is 6.32. The smallest absolute Gasteiger partial charge is 0.227 e. The molecule has 1 aliphatic rings. The van der Waals surface area contributed by atoms with Gasteiger partial charge in [-0.2, -0.15) is 0 Å². The van der Waals surface area contributed by atoms with Crippen LogP contribution < -0.4 is 15.0 Å². The third kappa shape index (κ3) is 3.46. The monoisotopic (exact) mass is 312 g/mol. The first-order valence-corrected chi connectivity index (χ1v) is 6.97. The molecule has 0 spiro atoms. The molecular weight excluding hydrogens is 296 g/mol. The van der Waals surface area contributed by atoms with Gasteiger partial charge in [-0.05, 0) is 18.2 Å². The van der Waals surface area contributed by atoms with Crippen molar-refractivity contribution in [3.63, 3.8) is 0 Å². The molecule has 1 saturated heterocycles. The number of carbonyl (C=O) groups excluding carboxylic acids is 2. The first kappa shape index (κ1) is 15.6. The summed E-state index contributed by atoms with van der Waals surface area (Å²) in [6.07, 6.45) is 0.154. The SMILES string of the molecule is COc1ccc(N2CC(C(=O)NCCO)CC2=O)cc1Cl. The summed E-state index contributed by atoms with van der Waals surface area (Å²) in [4.78, 5) is 25.4. The number of benzene rings is 1. The van der Waals surface area contributed by atoms with Crippen LogP contribution in [0.15, 0.2) is 18.2 Å². The molecule has 0 bridgehead atoms. The lowest BCUT2D eigenvalue weighted by atomic mass is 10.1. The van der Waals surface area contributed by atoms with Crippen molar-refractivity contribution >= 4 is 29.1 Å². The summed E-state index contributed by atoms with van der Waals surface area (Å²) in [5, 5.41) is 11.7. The second-order valence-corrected chi connectivity index (χ2v) is 5.15. The van der Waals surface area contributed by atoms with Crippen LogP contribution in [0.3, 0.4) is 0 Å². The maximum absolute atomic E-state index is 12.1. The number of carbonyl (C=O) groups is 2. The van der Waals surface area contributed by atoms with Gasteiger partial charge in [0.2, 0.25) is 11.8 Å². The van der Waals surface area contributed by atoms with Gasteiger partial charge in [-0.15, -0.1) is 0 Å². The van der Waals surface area contributed by atoms with E-state index in [1.807, 2.05) is 0 Å². The lowest BCUT2D eigenvalue weighted by Crippen LogP contribution is -2.34. The van der Waals surface area contributed by atoms with E-state index >= 15 is 0 Å². The Bertz CT molecular complexity index is 550. The average Bonchev–Trinajstić information content (AvgIpc) is 2.86. The Morgan fingerprint density at radius 2 is 2.33 bits per heavy atom. The quantitative estimate of drug-likeness (QED) is 0.843. The normalized spacial score (nSPS) is 18.0. The van der Waals surface area contributed by atoms with E-state index in [2.05, 4.69) is 5.32 Å². The average molecular weight is 313 g/mol. The van der Waals surface area contributed by atoms with Gasteiger partial charge in [-0.1, -0.05) is 11.6 Å². The molecule has 1 heterocycles. The molecule has 6 nitrogen and oxygen atoms in total. The Morgan fingerprint density at radius 3 is 2.95 bits per heavy atom. The summed E-state index contributed by atoms with van der Waals surface area (Å²) in [5.74, 6) is -0.228. The molecule has 1 aromatic carbocycles. The van der Waals surface area contributed by atoms with E-state index in [0.717, 1.165) is 0 Å². The van der Waals surface area contributed by atoms with Crippen LogP contribution in [-0.2, 0) is 9.59 Å². The number of methoxy groups -OCH3 is 1. The van der Waals surface area contributed by atoms with Crippen LogP contribution in [0, 0.1) is 5.92 Å². The van der Waals surface area contributed by atoms with Gasteiger partial charge in [0.1, 0.15) is 5.75 Å². The number of rotatable bonds is 5. The number of halogens is 1. The first-order chi connectivity index (χ1) is 10.1. The van der Waals surface area contributed by atoms with E-state index in [1.54, 1.807) is 18.2 Å². The van der Waals surface area contributed by atoms with Crippen molar-refractivity contribution in [3.05, 3.63) is 23.2 Å². The zero-order chi connectivity index (χ0) is 15.4. The van der Waals surface area contributed by atoms with Crippen LogP contribution in [0.2, 0.25) is 5.02 Å². The number of anilines is 1. The van der Waals surface area contributed by atoms with E-state index in [1.165, 1.54) is 12.0 Å². The number of nitrogens with zero attached hydrogens (tertiary/aromatic N) is 1. The third-order valence-corrected chi connectivity index (χ3v) is 3.65. The van der Waals surface area contributed by atoms with Crippen molar-refractivity contribution in [1.82, 2.24) is 5.32 Å². The Hall–Kier alpha value is -1.79. The highest BCUT2D eigenvalue weighted by Gasteiger charge is 2.35. The minimum absolute atomic E-state index is 0.121. The van der Waals surface area contributed by atoms with E-state index in [4.69, 9.17) is 21.4 Å². The number of nitrogens with one attached hydrogen (secondary N) is 1. The lowest BCUT2D eigenvalue weighted by molar-refractivity contribution is -0.126. The van der Waals surface area contributed by atoms with Crippen LogP contribution in [0.5, 0.6) is 5.75 Å². The Morgan fingerprint density at radius 1 is 1.57 bits per heavy atom. The van der Waals surface area contributed by atoms with Gasteiger partial charge in [-0.3, -0.25) is 9.59 Å². The maximum atomic E-state index is 12.1. The van der Waals surface area contributed by atoms with Crippen LogP contribution in [0.4, 0.5) is 5.69 Å². The summed E-state index contributed by atoms with van der Waals surface area (Å²) >= 11 is 6.05. The number of aliphatic hydroxyl groups is 1. The minimum Gasteiger partial charge on any atom is -0.495 e. The Balaban J connectivity index is 2.09. The molecule has 0 saturated carbocycles. The molecule has 1 fully saturated rings. The second kappa shape index (κ2) is 6.78. The van der Waals surface area contributed by atoms with Gasteiger partial charge in [0, 0.05) is 25.2 Å². The molecule has 7 heteroatoms. The summed E-state index contributed by atoms with van der Waals surface area (Å²) in [5.41, 5.74) is 0.642. The zero-order valence-electron chi connectivity index (χ0n) is 11.6. The van der Waals surface area contributed by atoms with E-state index in [0.29, 0.717) is 23.0 Å². The van der Waals surface area contributed by atoms with Crippen molar-refractivity contribution in [3.8, 4) is 5.75 Å². The number of amides is 2. The van der Waals surface area contributed by atoms with Gasteiger partial charge in [0.15, 0.2) is 0 Å². The van der Waals surface area contributed by atoms with Crippen molar-refractivity contribution in [2.75, 3.05) is 31.7 Å². The molecular formula is C14H17ClN2O4. The van der Waals surface area contributed by atoms with Gasteiger partial charge < -0.3 is 20.1 Å². The first-order valence-electron chi connectivity index (χ1n) is 6.59. The predicted molar refractivity (Wildman–Crippen MR) is 78.6 cm³/mol. The fourth-order valence-corrected chi connectivity index (χ4v) is 2.53. The summed E-state index contributed by atoms with van der Waals surface area (Å²) in [7, 11) is 1.52. The largest absolute Gasteiger partial charge is 0.495 e. The van der Waals surface area contributed by atoms with Crippen LogP contribution in [0.1, 0.15) is 6.42 Å². The van der Waals surface area contributed by atoms with E-state index < -0.39 is 5.92 Å². The van der Waals surface area contributed by atoms with Crippen molar-refractivity contribution in [1.29, 1.82) is 0 Å². The molecule has 1 unspecified atom stereocenters. The molecule has 0 radical (unpaired) electrons. The van der Waals surface area contributed by atoms with Gasteiger partial charge in [-0.25, -0.2) is 0 Å². The molecule has 2 rings (SSSR count). The molecule has 21 heavy (non-hydrogen) atoms. The molecule has 0 aromatic heterocycles. The lowest BCUT2D eigenvalue weighted by Gasteiger charge is -2.17. The van der Waals surface area contributed by atoms with Gasteiger partial charge in [0.05, 0.1) is 24.7 Å². The number of ether oxygens (including phenoxy) is 1. The summed E-state index contributed by atoms with van der Waals surface area (Å²) in [6, 6.07) is 5.06. The fraction of sp³-hybridized carbons (Fsp3) is 0.429. The van der Waals surface area contributed by atoms with Crippen LogP contribution in [0.25, 0.3) is 0 Å². The van der Waals surface area contributed by atoms with E-state index in [-0.39, 0.29) is 31.4 Å². The minimum atomic E-state index is -0.412. The van der Waals surface area contributed by atoms with E-state index in [9.17, 15) is 9.59 Å². The van der Waals surface area contributed by atoms with Gasteiger partial charge in [0.25, 0.3) is 0 Å². The molecule has 0 aliphatic carbocycles. The molecule has 1 aromatic rings. The van der Waals surface area contributed by atoms with Gasteiger partial charge >= 0.3 is 0 Å². The summed E-state index contributed by atoms with van der Waals surface area (Å²) < 4.78 is 5.07. The topological polar surface area (TPSA) is 78.9 Å². The third-order valence-electron chi connectivity index (χ3n) is 3.35. The van der Waals surface area contributed by atoms with Crippen molar-refractivity contribution < 1.29 is 19.4 Å².